The molecule has 1 unspecified atom stereocenters. The number of hydrogen-bond donors (Lipinski definition) is 6. The highest BCUT2D eigenvalue weighted by molar-refractivity contribution is 5.95. The normalized spacial score (nSPS) is 27.5. The van der Waals surface area contributed by atoms with Gasteiger partial charge in [0.05, 0.1) is 6.61 Å². The third-order valence-corrected chi connectivity index (χ3v) is 5.51. The molecule has 30 heavy (non-hydrogen) atoms. The van der Waals surface area contributed by atoms with Crippen molar-refractivity contribution in [1.82, 2.24) is 5.32 Å². The van der Waals surface area contributed by atoms with Crippen LogP contribution in [0.5, 0.6) is 0 Å². The SMILES string of the molecule is CNC(=O)c1cccc(-c2ccc(C(O)[C@H]3O[C@@H](CO)[C@@H](O)[C@H](O)[C@H]3O)c(C)c2)c1. The number of aliphatic hydroxyl groups is 5. The molecule has 3 rings (SSSR count). The van der Waals surface area contributed by atoms with Gasteiger partial charge in [-0.2, -0.15) is 0 Å². The second-order valence-corrected chi connectivity index (χ2v) is 7.47. The summed E-state index contributed by atoms with van der Waals surface area (Å²) in [6.45, 7) is 1.22. The van der Waals surface area contributed by atoms with Crippen LogP contribution in [0.3, 0.4) is 0 Å². The lowest BCUT2D eigenvalue weighted by atomic mass is 9.87. The van der Waals surface area contributed by atoms with E-state index in [2.05, 4.69) is 5.32 Å². The zero-order valence-electron chi connectivity index (χ0n) is 16.8. The Morgan fingerprint density at radius 3 is 2.40 bits per heavy atom. The van der Waals surface area contributed by atoms with Gasteiger partial charge >= 0.3 is 0 Å². The van der Waals surface area contributed by atoms with Gasteiger partial charge in [0.25, 0.3) is 5.91 Å². The van der Waals surface area contributed by atoms with Crippen molar-refractivity contribution in [3.05, 3.63) is 59.2 Å². The Morgan fingerprint density at radius 1 is 1.07 bits per heavy atom. The summed E-state index contributed by atoms with van der Waals surface area (Å²) >= 11 is 0. The Hall–Kier alpha value is -2.33. The van der Waals surface area contributed by atoms with Crippen LogP contribution in [0.25, 0.3) is 11.1 Å². The Kier molecular flexibility index (Phi) is 6.87. The number of carbonyl (C=O) groups excluding carboxylic acids is 1. The van der Waals surface area contributed by atoms with Crippen LogP contribution in [0.2, 0.25) is 0 Å². The highest BCUT2D eigenvalue weighted by atomic mass is 16.6. The van der Waals surface area contributed by atoms with Gasteiger partial charge in [-0.15, -0.1) is 0 Å². The lowest BCUT2D eigenvalue weighted by molar-refractivity contribution is -0.250. The summed E-state index contributed by atoms with van der Waals surface area (Å²) in [7, 11) is 1.56. The molecular weight excluding hydrogens is 390 g/mol. The maximum absolute atomic E-state index is 11.9. The molecule has 8 heteroatoms. The zero-order chi connectivity index (χ0) is 22.0. The predicted octanol–water partition coefficient (Wildman–Crippen LogP) is -0.103. The number of hydrogen-bond acceptors (Lipinski definition) is 7. The molecular formula is C22H27NO7. The monoisotopic (exact) mass is 417 g/mol. The van der Waals surface area contributed by atoms with E-state index < -0.39 is 43.2 Å². The van der Waals surface area contributed by atoms with E-state index in [9.17, 15) is 30.3 Å². The molecule has 1 heterocycles. The van der Waals surface area contributed by atoms with Crippen LogP contribution in [-0.2, 0) is 4.74 Å². The van der Waals surface area contributed by atoms with Gasteiger partial charge in [0.2, 0.25) is 0 Å². The maximum atomic E-state index is 11.9. The minimum Gasteiger partial charge on any atom is -0.394 e. The molecule has 1 fully saturated rings. The Labute approximate surface area is 174 Å². The van der Waals surface area contributed by atoms with Crippen LogP contribution in [0.1, 0.15) is 27.6 Å². The van der Waals surface area contributed by atoms with Gasteiger partial charge in [0.15, 0.2) is 0 Å². The fourth-order valence-electron chi connectivity index (χ4n) is 3.74. The molecule has 6 N–H and O–H groups in total. The van der Waals surface area contributed by atoms with Crippen molar-refractivity contribution in [3.8, 4) is 11.1 Å². The standard InChI is InChI=1S/C22H27NO7/c1-11-8-13(12-4-3-5-14(9-12)22(29)23-2)6-7-15(11)17(25)21-20(28)19(27)18(26)16(10-24)30-21/h3-9,16-21,24-28H,10H2,1-2H3,(H,23,29)/t16-,17?,18+,19-,20+,21+/m0/s1. The van der Waals surface area contributed by atoms with E-state index >= 15 is 0 Å². The van der Waals surface area contributed by atoms with E-state index in [1.54, 1.807) is 44.3 Å². The largest absolute Gasteiger partial charge is 0.394 e. The van der Waals surface area contributed by atoms with Crippen molar-refractivity contribution in [2.45, 2.75) is 43.5 Å². The summed E-state index contributed by atoms with van der Waals surface area (Å²) in [5, 5.41) is 52.9. The summed E-state index contributed by atoms with van der Waals surface area (Å²) in [5.74, 6) is -0.191. The van der Waals surface area contributed by atoms with Crippen LogP contribution in [0.15, 0.2) is 42.5 Å². The number of aliphatic hydroxyl groups excluding tert-OH is 5. The first kappa shape index (κ1) is 22.4. The molecule has 0 saturated carbocycles. The molecule has 0 aromatic heterocycles. The number of amides is 1. The van der Waals surface area contributed by atoms with Gasteiger partial charge in [-0.05, 0) is 41.3 Å². The van der Waals surface area contributed by atoms with Gasteiger partial charge in [-0.1, -0.05) is 30.3 Å². The van der Waals surface area contributed by atoms with Crippen molar-refractivity contribution in [2.75, 3.05) is 13.7 Å². The van der Waals surface area contributed by atoms with Gasteiger partial charge < -0.3 is 35.6 Å². The van der Waals surface area contributed by atoms with Crippen molar-refractivity contribution in [1.29, 1.82) is 0 Å². The zero-order valence-corrected chi connectivity index (χ0v) is 16.8. The second kappa shape index (κ2) is 9.22. The molecule has 0 spiro atoms. The molecule has 6 atom stereocenters. The first-order chi connectivity index (χ1) is 14.3. The number of nitrogens with one attached hydrogen (secondary N) is 1. The second-order valence-electron chi connectivity index (χ2n) is 7.47. The summed E-state index contributed by atoms with van der Waals surface area (Å²) in [4.78, 5) is 11.9. The lowest BCUT2D eigenvalue weighted by Gasteiger charge is -2.42. The van der Waals surface area contributed by atoms with Crippen LogP contribution in [0.4, 0.5) is 0 Å². The average Bonchev–Trinajstić information content (AvgIpc) is 2.76. The third kappa shape index (κ3) is 4.24. The Morgan fingerprint density at radius 2 is 1.77 bits per heavy atom. The molecule has 0 radical (unpaired) electrons. The molecule has 2 aromatic carbocycles. The van der Waals surface area contributed by atoms with Gasteiger partial charge in [0, 0.05) is 12.6 Å². The predicted molar refractivity (Wildman–Crippen MR) is 109 cm³/mol. The van der Waals surface area contributed by atoms with E-state index in [1.807, 2.05) is 12.1 Å². The Balaban J connectivity index is 1.87. The van der Waals surface area contributed by atoms with Crippen LogP contribution in [0, 0.1) is 6.92 Å². The topological polar surface area (TPSA) is 139 Å². The first-order valence-electron chi connectivity index (χ1n) is 9.70. The van der Waals surface area contributed by atoms with E-state index in [0.29, 0.717) is 16.7 Å². The van der Waals surface area contributed by atoms with Crippen molar-refractivity contribution < 1.29 is 35.1 Å². The number of aryl methyl sites for hydroxylation is 1. The highest BCUT2D eigenvalue weighted by Crippen LogP contribution is 2.33. The van der Waals surface area contributed by atoms with E-state index in [1.165, 1.54) is 0 Å². The quantitative estimate of drug-likeness (QED) is 0.399. The average molecular weight is 417 g/mol. The van der Waals surface area contributed by atoms with Crippen LogP contribution in [-0.4, -0.2) is 75.6 Å². The summed E-state index contributed by atoms with van der Waals surface area (Å²) in [6.07, 6.45) is -8.16. The number of ether oxygens (including phenoxy) is 1. The smallest absolute Gasteiger partial charge is 0.251 e. The molecule has 0 bridgehead atoms. The molecule has 2 aromatic rings. The Bertz CT molecular complexity index is 901. The number of carbonyl (C=O) groups is 1. The fraction of sp³-hybridized carbons (Fsp3) is 0.409. The summed E-state index contributed by atoms with van der Waals surface area (Å²) < 4.78 is 5.47. The molecule has 8 nitrogen and oxygen atoms in total. The summed E-state index contributed by atoms with van der Waals surface area (Å²) in [6, 6.07) is 12.4. The van der Waals surface area contributed by atoms with Gasteiger partial charge in [0.1, 0.15) is 36.6 Å². The third-order valence-electron chi connectivity index (χ3n) is 5.51. The van der Waals surface area contributed by atoms with Gasteiger partial charge in [-0.3, -0.25) is 4.79 Å². The lowest BCUT2D eigenvalue weighted by Crippen LogP contribution is -2.59. The van der Waals surface area contributed by atoms with Crippen molar-refractivity contribution in [2.24, 2.45) is 0 Å². The van der Waals surface area contributed by atoms with Crippen molar-refractivity contribution in [3.63, 3.8) is 0 Å². The molecule has 162 valence electrons. The van der Waals surface area contributed by atoms with Crippen LogP contribution < -0.4 is 5.32 Å². The number of rotatable bonds is 5. The molecule has 1 saturated heterocycles. The van der Waals surface area contributed by atoms with E-state index in [0.717, 1.165) is 11.1 Å². The molecule has 1 aliphatic rings. The summed E-state index contributed by atoms with van der Waals surface area (Å²) in [5.41, 5.74) is 3.38. The molecule has 1 amide bonds. The highest BCUT2D eigenvalue weighted by Gasteiger charge is 2.46. The maximum Gasteiger partial charge on any atom is 0.251 e. The van der Waals surface area contributed by atoms with E-state index in [4.69, 9.17) is 4.74 Å². The van der Waals surface area contributed by atoms with E-state index in [-0.39, 0.29) is 5.91 Å². The molecule has 1 aliphatic heterocycles. The first-order valence-corrected chi connectivity index (χ1v) is 9.70. The number of benzene rings is 2. The minimum absolute atomic E-state index is 0.191. The fourth-order valence-corrected chi connectivity index (χ4v) is 3.74. The minimum atomic E-state index is -1.55. The van der Waals surface area contributed by atoms with Crippen molar-refractivity contribution >= 4 is 5.91 Å². The van der Waals surface area contributed by atoms with Crippen LogP contribution >= 0.6 is 0 Å². The van der Waals surface area contributed by atoms with Gasteiger partial charge in [-0.25, -0.2) is 0 Å². The molecule has 0 aliphatic carbocycles.